The Balaban J connectivity index is 1.66. The number of carbonyl (C=O) groups excluding carboxylic acids is 1. The van der Waals surface area contributed by atoms with Gasteiger partial charge in [0.05, 0.1) is 19.4 Å². The standard InChI is InChI=1S/C16H24N4O4/c21-11-13-5-12(8-19-1-3-24-4-2-19)9-20(10-13)16(23)14-6-18-15(22)7-17-14/h6-7,12-13,21H,1-5,8-11H2,(H,18,22)/t12-,13-/m1/s1. The van der Waals surface area contributed by atoms with Crippen molar-refractivity contribution in [1.82, 2.24) is 19.8 Å². The molecule has 0 unspecified atom stereocenters. The van der Waals surface area contributed by atoms with Crippen molar-refractivity contribution in [2.24, 2.45) is 11.8 Å². The van der Waals surface area contributed by atoms with Gasteiger partial charge >= 0.3 is 0 Å². The number of H-pyrrole nitrogens is 1. The molecule has 2 saturated heterocycles. The van der Waals surface area contributed by atoms with Gasteiger partial charge in [-0.3, -0.25) is 14.5 Å². The van der Waals surface area contributed by atoms with Gasteiger partial charge in [0, 0.05) is 45.5 Å². The van der Waals surface area contributed by atoms with Gasteiger partial charge in [-0.05, 0) is 18.3 Å². The van der Waals surface area contributed by atoms with E-state index in [2.05, 4.69) is 14.9 Å². The molecule has 8 nitrogen and oxygen atoms in total. The number of aromatic nitrogens is 2. The Morgan fingerprint density at radius 3 is 2.75 bits per heavy atom. The van der Waals surface area contributed by atoms with E-state index >= 15 is 0 Å². The average Bonchev–Trinajstić information content (AvgIpc) is 2.62. The molecule has 0 radical (unpaired) electrons. The molecule has 2 fully saturated rings. The fourth-order valence-corrected chi connectivity index (χ4v) is 3.52. The van der Waals surface area contributed by atoms with E-state index in [-0.39, 0.29) is 29.7 Å². The van der Waals surface area contributed by atoms with E-state index in [1.165, 1.54) is 6.20 Å². The minimum atomic E-state index is -0.330. The molecule has 2 aliphatic heterocycles. The van der Waals surface area contributed by atoms with Crippen LogP contribution in [0.4, 0.5) is 0 Å². The topological polar surface area (TPSA) is 98.8 Å². The van der Waals surface area contributed by atoms with E-state index in [0.717, 1.165) is 45.5 Å². The lowest BCUT2D eigenvalue weighted by atomic mass is 9.89. The van der Waals surface area contributed by atoms with Crippen LogP contribution in [0.15, 0.2) is 17.2 Å². The number of hydrogen-bond acceptors (Lipinski definition) is 6. The number of aliphatic hydroxyl groups excluding tert-OH is 1. The summed E-state index contributed by atoms with van der Waals surface area (Å²) >= 11 is 0. The van der Waals surface area contributed by atoms with Gasteiger partial charge in [-0.25, -0.2) is 4.98 Å². The first-order chi connectivity index (χ1) is 11.7. The van der Waals surface area contributed by atoms with Crippen molar-refractivity contribution in [3.8, 4) is 0 Å². The minimum absolute atomic E-state index is 0.0719. The van der Waals surface area contributed by atoms with Gasteiger partial charge in [0.25, 0.3) is 11.5 Å². The van der Waals surface area contributed by atoms with E-state index < -0.39 is 0 Å². The van der Waals surface area contributed by atoms with Crippen LogP contribution in [-0.2, 0) is 4.74 Å². The number of amides is 1. The van der Waals surface area contributed by atoms with Gasteiger partial charge in [0.15, 0.2) is 0 Å². The molecule has 3 heterocycles. The van der Waals surface area contributed by atoms with Crippen LogP contribution in [-0.4, -0.2) is 83.3 Å². The Morgan fingerprint density at radius 1 is 1.33 bits per heavy atom. The van der Waals surface area contributed by atoms with Crippen LogP contribution >= 0.6 is 0 Å². The highest BCUT2D eigenvalue weighted by Crippen LogP contribution is 2.24. The molecule has 2 atom stereocenters. The lowest BCUT2D eigenvalue weighted by Crippen LogP contribution is -2.49. The second-order valence-corrected chi connectivity index (χ2v) is 6.57. The zero-order chi connectivity index (χ0) is 16.9. The van der Waals surface area contributed by atoms with Crippen molar-refractivity contribution in [2.45, 2.75) is 6.42 Å². The molecule has 24 heavy (non-hydrogen) atoms. The number of nitrogens with zero attached hydrogens (tertiary/aromatic N) is 3. The monoisotopic (exact) mass is 336 g/mol. The van der Waals surface area contributed by atoms with Gasteiger partial charge in [0.1, 0.15) is 5.69 Å². The molecular weight excluding hydrogens is 312 g/mol. The lowest BCUT2D eigenvalue weighted by Gasteiger charge is -2.39. The SMILES string of the molecule is O=C(c1c[nH]c(=O)cn1)N1C[C@H](CO)C[C@H](CN2CCOCC2)C1. The zero-order valence-corrected chi connectivity index (χ0v) is 13.7. The second-order valence-electron chi connectivity index (χ2n) is 6.57. The second kappa shape index (κ2) is 7.87. The summed E-state index contributed by atoms with van der Waals surface area (Å²) in [6.07, 6.45) is 3.38. The minimum Gasteiger partial charge on any atom is -0.396 e. The van der Waals surface area contributed by atoms with Crippen LogP contribution in [0.2, 0.25) is 0 Å². The number of nitrogens with one attached hydrogen (secondary N) is 1. The molecule has 8 heteroatoms. The van der Waals surface area contributed by atoms with Crippen molar-refractivity contribution < 1.29 is 14.6 Å². The molecular formula is C16H24N4O4. The Labute approximate surface area is 140 Å². The van der Waals surface area contributed by atoms with Gasteiger partial charge in [0.2, 0.25) is 0 Å². The molecule has 132 valence electrons. The summed E-state index contributed by atoms with van der Waals surface area (Å²) in [5, 5.41) is 9.59. The number of rotatable bonds is 4. The van der Waals surface area contributed by atoms with E-state index in [0.29, 0.717) is 19.0 Å². The van der Waals surface area contributed by atoms with Crippen molar-refractivity contribution in [1.29, 1.82) is 0 Å². The molecule has 2 N–H and O–H groups in total. The highest BCUT2D eigenvalue weighted by atomic mass is 16.5. The molecule has 0 spiro atoms. The zero-order valence-electron chi connectivity index (χ0n) is 13.7. The molecule has 0 bridgehead atoms. The average molecular weight is 336 g/mol. The molecule has 1 aromatic heterocycles. The molecule has 2 aliphatic rings. The fraction of sp³-hybridized carbons (Fsp3) is 0.688. The highest BCUT2D eigenvalue weighted by molar-refractivity contribution is 5.92. The summed E-state index contributed by atoms with van der Waals surface area (Å²) < 4.78 is 5.37. The van der Waals surface area contributed by atoms with Crippen LogP contribution in [0.3, 0.4) is 0 Å². The van der Waals surface area contributed by atoms with Gasteiger partial charge in [-0.1, -0.05) is 0 Å². The summed E-state index contributed by atoms with van der Waals surface area (Å²) in [5.74, 6) is 0.202. The highest BCUT2D eigenvalue weighted by Gasteiger charge is 2.31. The normalized spacial score (nSPS) is 25.6. The largest absolute Gasteiger partial charge is 0.396 e. The Morgan fingerprint density at radius 2 is 2.08 bits per heavy atom. The predicted octanol–water partition coefficient (Wildman–Crippen LogP) is -0.827. The first-order valence-corrected chi connectivity index (χ1v) is 8.40. The number of aliphatic hydroxyl groups is 1. The number of carbonyl (C=O) groups is 1. The van der Waals surface area contributed by atoms with Crippen LogP contribution in [0.5, 0.6) is 0 Å². The lowest BCUT2D eigenvalue weighted by molar-refractivity contribution is 0.0129. The third-order valence-corrected chi connectivity index (χ3v) is 4.68. The Bertz CT molecular complexity index is 594. The quantitative estimate of drug-likeness (QED) is 0.745. The first-order valence-electron chi connectivity index (χ1n) is 8.40. The Kier molecular flexibility index (Phi) is 5.60. The molecule has 1 amide bonds. The maximum atomic E-state index is 12.6. The van der Waals surface area contributed by atoms with Crippen LogP contribution < -0.4 is 5.56 Å². The number of morpholine rings is 1. The third-order valence-electron chi connectivity index (χ3n) is 4.68. The smallest absolute Gasteiger partial charge is 0.273 e. The molecule has 0 aliphatic carbocycles. The predicted molar refractivity (Wildman–Crippen MR) is 86.7 cm³/mol. The first kappa shape index (κ1) is 17.1. The summed E-state index contributed by atoms with van der Waals surface area (Å²) in [7, 11) is 0. The number of aromatic amines is 1. The maximum Gasteiger partial charge on any atom is 0.273 e. The van der Waals surface area contributed by atoms with E-state index in [4.69, 9.17) is 4.74 Å². The molecule has 3 rings (SSSR count). The summed E-state index contributed by atoms with van der Waals surface area (Å²) in [6.45, 7) is 5.47. The number of hydrogen-bond donors (Lipinski definition) is 2. The van der Waals surface area contributed by atoms with Gasteiger partial charge in [-0.15, -0.1) is 0 Å². The third kappa shape index (κ3) is 4.19. The van der Waals surface area contributed by atoms with Gasteiger partial charge < -0.3 is 19.7 Å². The number of piperidine rings is 1. The van der Waals surface area contributed by atoms with E-state index in [9.17, 15) is 14.7 Å². The maximum absolute atomic E-state index is 12.6. The fourth-order valence-electron chi connectivity index (χ4n) is 3.52. The van der Waals surface area contributed by atoms with Crippen LogP contribution in [0.1, 0.15) is 16.9 Å². The van der Waals surface area contributed by atoms with Crippen LogP contribution in [0.25, 0.3) is 0 Å². The number of likely N-dealkylation sites (tertiary alicyclic amines) is 1. The van der Waals surface area contributed by atoms with Crippen molar-refractivity contribution in [2.75, 3.05) is 52.5 Å². The van der Waals surface area contributed by atoms with E-state index in [1.54, 1.807) is 4.90 Å². The summed E-state index contributed by atoms with van der Waals surface area (Å²) in [6, 6.07) is 0. The molecule has 0 aromatic carbocycles. The van der Waals surface area contributed by atoms with Crippen molar-refractivity contribution >= 4 is 5.91 Å². The van der Waals surface area contributed by atoms with Crippen molar-refractivity contribution in [3.05, 3.63) is 28.4 Å². The van der Waals surface area contributed by atoms with E-state index in [1.807, 2.05) is 0 Å². The van der Waals surface area contributed by atoms with Crippen LogP contribution in [0, 0.1) is 11.8 Å². The number of ether oxygens (including phenoxy) is 1. The molecule has 0 saturated carbocycles. The van der Waals surface area contributed by atoms with Crippen molar-refractivity contribution in [3.63, 3.8) is 0 Å². The summed E-state index contributed by atoms with van der Waals surface area (Å²) in [5.41, 5.74) is -0.0954. The Hall–Kier alpha value is -1.77. The van der Waals surface area contributed by atoms with Gasteiger partial charge in [-0.2, -0.15) is 0 Å². The molecule has 1 aromatic rings. The summed E-state index contributed by atoms with van der Waals surface area (Å²) in [4.78, 5) is 34.2.